The molecule has 1 atom stereocenters. The van der Waals surface area contributed by atoms with Gasteiger partial charge in [0.1, 0.15) is 24.6 Å². The van der Waals surface area contributed by atoms with Crippen LogP contribution in [0.3, 0.4) is 0 Å². The molecule has 0 spiro atoms. The Hall–Kier alpha value is -2.54. The van der Waals surface area contributed by atoms with E-state index in [0.717, 1.165) is 55.1 Å². The molecule has 1 N–H and O–H groups in total. The van der Waals surface area contributed by atoms with Gasteiger partial charge in [0, 0.05) is 30.5 Å². The molecule has 0 aliphatic carbocycles. The van der Waals surface area contributed by atoms with Gasteiger partial charge in [-0.05, 0) is 63.6 Å². The van der Waals surface area contributed by atoms with Crippen LogP contribution in [0.5, 0.6) is 0 Å². The number of hydrogen-bond acceptors (Lipinski definition) is 6. The van der Waals surface area contributed by atoms with Crippen LogP contribution in [-0.4, -0.2) is 44.6 Å². The van der Waals surface area contributed by atoms with Gasteiger partial charge in [0.25, 0.3) is 0 Å². The molecule has 0 bridgehead atoms. The minimum atomic E-state index is -0.188. The van der Waals surface area contributed by atoms with Crippen LogP contribution in [0.1, 0.15) is 32.8 Å². The molecule has 0 aromatic heterocycles. The monoisotopic (exact) mass is 388 g/mol. The summed E-state index contributed by atoms with van der Waals surface area (Å²) in [6.45, 7) is 8.50. The third-order valence-electron chi connectivity index (χ3n) is 4.36. The van der Waals surface area contributed by atoms with E-state index >= 15 is 0 Å². The molecule has 1 saturated heterocycles. The third-order valence-corrected chi connectivity index (χ3v) is 4.36. The predicted octanol–water partition coefficient (Wildman–Crippen LogP) is 3.33. The lowest BCUT2D eigenvalue weighted by molar-refractivity contribution is -0.111. The van der Waals surface area contributed by atoms with Gasteiger partial charge in [-0.15, -0.1) is 0 Å². The summed E-state index contributed by atoms with van der Waals surface area (Å²) in [5.74, 6) is 0.888. The van der Waals surface area contributed by atoms with E-state index in [1.54, 1.807) is 18.5 Å². The van der Waals surface area contributed by atoms with E-state index in [-0.39, 0.29) is 11.7 Å². The summed E-state index contributed by atoms with van der Waals surface area (Å²) in [6, 6.07) is 4.91. The van der Waals surface area contributed by atoms with E-state index in [9.17, 15) is 9.18 Å². The summed E-state index contributed by atoms with van der Waals surface area (Å²) >= 11 is 0. The lowest BCUT2D eigenvalue weighted by Gasteiger charge is -2.23. The maximum absolute atomic E-state index is 13.3. The molecule has 1 unspecified atom stereocenters. The molecule has 2 aliphatic heterocycles. The fourth-order valence-electron chi connectivity index (χ4n) is 2.90. The van der Waals surface area contributed by atoms with Crippen molar-refractivity contribution in [3.8, 4) is 0 Å². The van der Waals surface area contributed by atoms with Gasteiger partial charge < -0.3 is 19.7 Å². The summed E-state index contributed by atoms with van der Waals surface area (Å²) in [5.41, 5.74) is 3.03. The minimum absolute atomic E-state index is 0.188. The lowest BCUT2D eigenvalue weighted by Crippen LogP contribution is -2.30. The van der Waals surface area contributed by atoms with Crippen LogP contribution in [0.25, 0.3) is 0 Å². The van der Waals surface area contributed by atoms with Crippen molar-refractivity contribution in [2.75, 3.05) is 31.3 Å². The average Bonchev–Trinajstić information content (AvgIpc) is 3.34. The van der Waals surface area contributed by atoms with Gasteiger partial charge in [0.15, 0.2) is 0 Å². The molecule has 6 nitrogen and oxygen atoms in total. The number of hydrogen-bond donors (Lipinski definition) is 1. The highest BCUT2D eigenvalue weighted by Gasteiger charge is 2.22. The molecule has 1 aromatic carbocycles. The molecule has 28 heavy (non-hydrogen) atoms. The second-order valence-electron chi connectivity index (χ2n) is 6.80. The zero-order chi connectivity index (χ0) is 20.4. The van der Waals surface area contributed by atoms with Gasteiger partial charge >= 0.3 is 0 Å². The number of aliphatic imine (C=N–C) groups is 2. The fraction of sp³-hybridized carbons (Fsp3) is 0.476. The summed E-state index contributed by atoms with van der Waals surface area (Å²) in [6.07, 6.45) is 6.28. The fourth-order valence-corrected chi connectivity index (χ4v) is 2.90. The van der Waals surface area contributed by atoms with E-state index in [4.69, 9.17) is 4.74 Å². The number of rotatable bonds is 6. The van der Waals surface area contributed by atoms with Crippen LogP contribution in [0, 0.1) is 11.7 Å². The number of halogens is 1. The second kappa shape index (κ2) is 11.3. The van der Waals surface area contributed by atoms with E-state index in [0.29, 0.717) is 13.3 Å². The number of carbonyl (C=O) groups excluding carboxylic acids is 1. The normalized spacial score (nSPS) is 18.5. The van der Waals surface area contributed by atoms with Gasteiger partial charge in [0.2, 0.25) is 0 Å². The molecule has 2 heterocycles. The number of ether oxygens (including phenoxy) is 1. The maximum atomic E-state index is 13.3. The SMILES string of the molecule is C/C=N/CN/C(=C/N=C(C)C)N1CCc2cc(F)ccc21.O=CC1CCOC1. The zero-order valence-electron chi connectivity index (χ0n) is 16.8. The van der Waals surface area contributed by atoms with Gasteiger partial charge in [-0.3, -0.25) is 9.98 Å². The summed E-state index contributed by atoms with van der Waals surface area (Å²) in [5, 5.41) is 3.26. The van der Waals surface area contributed by atoms with Crippen molar-refractivity contribution in [1.82, 2.24) is 5.32 Å². The topological polar surface area (TPSA) is 66.3 Å². The molecule has 2 aliphatic rings. The number of aldehydes is 1. The molecule has 1 aromatic rings. The lowest BCUT2D eigenvalue weighted by atomic mass is 10.2. The predicted molar refractivity (Wildman–Crippen MR) is 111 cm³/mol. The van der Waals surface area contributed by atoms with Crippen molar-refractivity contribution in [3.05, 3.63) is 41.6 Å². The molecule has 1 fully saturated rings. The minimum Gasteiger partial charge on any atom is -0.381 e. The Bertz CT molecular complexity index is 736. The first-order chi connectivity index (χ1) is 13.5. The van der Waals surface area contributed by atoms with Crippen molar-refractivity contribution in [2.24, 2.45) is 15.9 Å². The van der Waals surface area contributed by atoms with Crippen molar-refractivity contribution in [3.63, 3.8) is 0 Å². The van der Waals surface area contributed by atoms with E-state index in [1.165, 1.54) is 6.07 Å². The van der Waals surface area contributed by atoms with Gasteiger partial charge in [-0.1, -0.05) is 0 Å². The van der Waals surface area contributed by atoms with Crippen molar-refractivity contribution < 1.29 is 13.9 Å². The molecule has 7 heteroatoms. The van der Waals surface area contributed by atoms with Crippen molar-refractivity contribution in [1.29, 1.82) is 0 Å². The van der Waals surface area contributed by atoms with Crippen LogP contribution < -0.4 is 10.2 Å². The smallest absolute Gasteiger partial charge is 0.126 e. The van der Waals surface area contributed by atoms with Gasteiger partial charge in [-0.25, -0.2) is 4.39 Å². The van der Waals surface area contributed by atoms with Crippen LogP contribution in [-0.2, 0) is 16.0 Å². The second-order valence-corrected chi connectivity index (χ2v) is 6.80. The summed E-state index contributed by atoms with van der Waals surface area (Å²) in [4.78, 5) is 20.6. The molecule has 152 valence electrons. The molecule has 0 amide bonds. The van der Waals surface area contributed by atoms with Gasteiger partial charge in [0.05, 0.1) is 12.8 Å². The average molecular weight is 388 g/mol. The van der Waals surface area contributed by atoms with Crippen LogP contribution >= 0.6 is 0 Å². The van der Waals surface area contributed by atoms with E-state index in [2.05, 4.69) is 20.2 Å². The Kier molecular flexibility index (Phi) is 8.81. The number of benzene rings is 1. The zero-order valence-corrected chi connectivity index (χ0v) is 16.8. The number of nitrogens with one attached hydrogen (secondary N) is 1. The van der Waals surface area contributed by atoms with Crippen LogP contribution in [0.15, 0.2) is 40.2 Å². The molecular weight excluding hydrogens is 359 g/mol. The number of nitrogens with zero attached hydrogens (tertiary/aromatic N) is 3. The van der Waals surface area contributed by atoms with Gasteiger partial charge in [-0.2, -0.15) is 0 Å². The third kappa shape index (κ3) is 6.56. The molecule has 3 rings (SSSR count). The first-order valence-corrected chi connectivity index (χ1v) is 9.53. The van der Waals surface area contributed by atoms with Crippen LogP contribution in [0.2, 0.25) is 0 Å². The molecular formula is C21H29FN4O2. The van der Waals surface area contributed by atoms with Crippen LogP contribution in [0.4, 0.5) is 10.1 Å². The largest absolute Gasteiger partial charge is 0.381 e. The number of anilines is 1. The Morgan fingerprint density at radius 3 is 2.86 bits per heavy atom. The number of carbonyl (C=O) groups is 1. The summed E-state index contributed by atoms with van der Waals surface area (Å²) < 4.78 is 18.2. The molecule has 0 saturated carbocycles. The molecule has 0 radical (unpaired) electrons. The first kappa shape index (κ1) is 21.8. The van der Waals surface area contributed by atoms with Crippen molar-refractivity contribution >= 4 is 23.9 Å². The number of fused-ring (bicyclic) bond motifs is 1. The highest BCUT2D eigenvalue weighted by molar-refractivity contribution is 5.79. The highest BCUT2D eigenvalue weighted by atomic mass is 19.1. The summed E-state index contributed by atoms with van der Waals surface area (Å²) in [7, 11) is 0. The Morgan fingerprint density at radius 1 is 1.43 bits per heavy atom. The first-order valence-electron chi connectivity index (χ1n) is 9.53. The maximum Gasteiger partial charge on any atom is 0.126 e. The Balaban J connectivity index is 0.000000336. The Labute approximate surface area is 166 Å². The quantitative estimate of drug-likeness (QED) is 0.600. The highest BCUT2D eigenvalue weighted by Crippen LogP contribution is 2.30. The van der Waals surface area contributed by atoms with E-state index < -0.39 is 0 Å². The van der Waals surface area contributed by atoms with Crippen molar-refractivity contribution in [2.45, 2.75) is 33.6 Å². The Morgan fingerprint density at radius 2 is 2.25 bits per heavy atom. The van der Waals surface area contributed by atoms with E-state index in [1.807, 2.05) is 26.8 Å². The standard InChI is InChI=1S/C16H21FN4.C5H8O2/c1-4-18-11-20-16(10-19-12(2)3)21-8-7-13-9-14(17)5-6-15(13)21;6-3-5-1-2-7-4-5/h4-6,9-10,20H,7-8,11H2,1-3H3;3,5H,1-2,4H2/b16-10-,18-4+;.